The Hall–Kier alpha value is -3.91. The summed E-state index contributed by atoms with van der Waals surface area (Å²) in [4.78, 5) is 14.8. The summed E-state index contributed by atoms with van der Waals surface area (Å²) in [5.74, 6) is 0.918. The second-order valence-corrected chi connectivity index (χ2v) is 10.2. The number of benzene rings is 1. The number of pyridine rings is 1. The molecule has 1 aliphatic rings. The Morgan fingerprint density at radius 1 is 1.05 bits per heavy atom. The molecule has 5 rings (SSSR count). The summed E-state index contributed by atoms with van der Waals surface area (Å²) < 4.78 is 43.2. The van der Waals surface area contributed by atoms with Crippen LogP contribution >= 0.6 is 0 Å². The van der Waals surface area contributed by atoms with Gasteiger partial charge in [0.2, 0.25) is 0 Å². The third kappa shape index (κ3) is 4.42. The number of aromatic nitrogens is 5. The van der Waals surface area contributed by atoms with Crippen LogP contribution in [-0.2, 0) is 18.6 Å². The smallest absolute Gasteiger partial charge is 0.352 e. The Kier molecular flexibility index (Phi) is 5.95. The molecule has 0 amide bonds. The fourth-order valence-corrected chi connectivity index (χ4v) is 4.73. The summed E-state index contributed by atoms with van der Waals surface area (Å²) in [6, 6.07) is 9.30. The molecule has 0 radical (unpaired) electrons. The molecule has 2 N–H and O–H groups in total. The summed E-state index contributed by atoms with van der Waals surface area (Å²) in [6.07, 6.45) is -4.53. The van der Waals surface area contributed by atoms with Gasteiger partial charge in [0.25, 0.3) is 0 Å². The summed E-state index contributed by atoms with van der Waals surface area (Å²) in [7, 11) is 1.75. The topological polar surface area (TPSA) is 98.4 Å². The van der Waals surface area contributed by atoms with Gasteiger partial charge in [0.15, 0.2) is 11.6 Å². The van der Waals surface area contributed by atoms with Crippen molar-refractivity contribution in [1.82, 2.24) is 30.0 Å². The Morgan fingerprint density at radius 2 is 1.76 bits per heavy atom. The second-order valence-electron chi connectivity index (χ2n) is 10.2. The number of piperazine rings is 1. The van der Waals surface area contributed by atoms with Gasteiger partial charge in [0, 0.05) is 44.2 Å². The van der Waals surface area contributed by atoms with Crippen LogP contribution < -0.4 is 10.2 Å². The van der Waals surface area contributed by atoms with E-state index in [0.29, 0.717) is 52.7 Å². The molecule has 1 aliphatic heterocycles. The van der Waals surface area contributed by atoms with Crippen LogP contribution in [-0.4, -0.2) is 50.9 Å². The Morgan fingerprint density at radius 3 is 2.41 bits per heavy atom. The molecule has 0 unspecified atom stereocenters. The van der Waals surface area contributed by atoms with Crippen LogP contribution in [0.15, 0.2) is 30.3 Å². The highest BCUT2D eigenvalue weighted by atomic mass is 19.4. The van der Waals surface area contributed by atoms with E-state index in [1.807, 2.05) is 25.7 Å². The number of anilines is 1. The normalized spacial score (nSPS) is 14.8. The van der Waals surface area contributed by atoms with Crippen LogP contribution in [0.1, 0.15) is 37.6 Å². The van der Waals surface area contributed by atoms with Crippen LogP contribution in [0.3, 0.4) is 0 Å². The number of H-pyrrole nitrogens is 1. The average Bonchev–Trinajstić information content (AvgIpc) is 3.43. The molecule has 0 aliphatic carbocycles. The number of nitrogens with one attached hydrogen (secondary N) is 2. The van der Waals surface area contributed by atoms with Gasteiger partial charge in [-0.25, -0.2) is 9.97 Å². The number of hydrogen-bond donors (Lipinski definition) is 2. The van der Waals surface area contributed by atoms with E-state index < -0.39 is 11.7 Å². The standard InChI is InChI=1S/C26H27F3N8/c1-25(2,3)22-16(14-30)21(36(4)35-22)23-32-19-13-18(15-7-5-6-8-17(15)26(27,28)29)33-24(20(19)34-23)37-11-9-31-10-12-37/h5-8,13,31H,9-12H2,1-4H3,(H,32,34). The van der Waals surface area contributed by atoms with E-state index in [1.165, 1.54) is 12.1 Å². The van der Waals surface area contributed by atoms with Crippen molar-refractivity contribution in [3.63, 3.8) is 0 Å². The number of nitrogens with zero attached hydrogens (tertiary/aromatic N) is 6. The maximum absolute atomic E-state index is 13.8. The fourth-order valence-electron chi connectivity index (χ4n) is 4.73. The van der Waals surface area contributed by atoms with Gasteiger partial charge in [-0.1, -0.05) is 39.0 Å². The van der Waals surface area contributed by atoms with Crippen molar-refractivity contribution in [2.45, 2.75) is 32.4 Å². The maximum atomic E-state index is 13.8. The van der Waals surface area contributed by atoms with Crippen LogP contribution in [0.5, 0.6) is 0 Å². The molecule has 11 heteroatoms. The molecule has 3 aromatic heterocycles. The quantitative estimate of drug-likeness (QED) is 0.419. The van der Waals surface area contributed by atoms with Crippen molar-refractivity contribution in [2.24, 2.45) is 7.05 Å². The third-order valence-corrected chi connectivity index (χ3v) is 6.47. The van der Waals surface area contributed by atoms with Crippen molar-refractivity contribution in [2.75, 3.05) is 31.1 Å². The van der Waals surface area contributed by atoms with Crippen molar-refractivity contribution in [3.8, 4) is 28.8 Å². The van der Waals surface area contributed by atoms with E-state index in [4.69, 9.17) is 9.97 Å². The maximum Gasteiger partial charge on any atom is 0.417 e. The predicted octanol–water partition coefficient (Wildman–Crippen LogP) is 4.62. The lowest BCUT2D eigenvalue weighted by Gasteiger charge is -2.29. The largest absolute Gasteiger partial charge is 0.417 e. The van der Waals surface area contributed by atoms with E-state index >= 15 is 0 Å². The van der Waals surface area contributed by atoms with Gasteiger partial charge >= 0.3 is 6.18 Å². The molecule has 0 saturated carbocycles. The van der Waals surface area contributed by atoms with Crippen LogP contribution in [0.2, 0.25) is 0 Å². The second kappa shape index (κ2) is 8.88. The van der Waals surface area contributed by atoms with Crippen LogP contribution in [0.25, 0.3) is 33.8 Å². The molecule has 1 fully saturated rings. The first kappa shape index (κ1) is 24.8. The van der Waals surface area contributed by atoms with E-state index in [9.17, 15) is 18.4 Å². The van der Waals surface area contributed by atoms with Gasteiger partial charge in [0.1, 0.15) is 22.8 Å². The van der Waals surface area contributed by atoms with Crippen LogP contribution in [0, 0.1) is 11.3 Å². The molecule has 37 heavy (non-hydrogen) atoms. The lowest BCUT2D eigenvalue weighted by atomic mass is 9.89. The lowest BCUT2D eigenvalue weighted by Crippen LogP contribution is -2.44. The highest BCUT2D eigenvalue weighted by Crippen LogP contribution is 2.39. The summed E-state index contributed by atoms with van der Waals surface area (Å²) >= 11 is 0. The Bertz CT molecular complexity index is 1510. The highest BCUT2D eigenvalue weighted by molar-refractivity contribution is 5.92. The first-order chi connectivity index (χ1) is 17.5. The first-order valence-electron chi connectivity index (χ1n) is 12.0. The molecule has 4 heterocycles. The summed E-state index contributed by atoms with van der Waals surface area (Å²) in [5, 5.41) is 17.9. The third-order valence-electron chi connectivity index (χ3n) is 6.47. The van der Waals surface area contributed by atoms with E-state index in [1.54, 1.807) is 23.9 Å². The Balaban J connectivity index is 1.76. The minimum absolute atomic E-state index is 0.00213. The molecule has 1 saturated heterocycles. The van der Waals surface area contributed by atoms with Gasteiger partial charge < -0.3 is 15.2 Å². The molecule has 8 nitrogen and oxygen atoms in total. The molecule has 0 bridgehead atoms. The summed E-state index contributed by atoms with van der Waals surface area (Å²) in [5.41, 5.74) is 1.73. The molecular weight excluding hydrogens is 481 g/mol. The number of fused-ring (bicyclic) bond motifs is 1. The molecule has 0 spiro atoms. The SMILES string of the molecule is Cn1nc(C(C)(C)C)c(C#N)c1-c1nc2c(N3CCNCC3)nc(-c3ccccc3C(F)(F)F)cc2[nH]1. The Labute approximate surface area is 212 Å². The molecule has 0 atom stereocenters. The van der Waals surface area contributed by atoms with E-state index in [2.05, 4.69) is 21.5 Å². The van der Waals surface area contributed by atoms with Gasteiger partial charge in [-0.2, -0.15) is 23.5 Å². The molecule has 192 valence electrons. The zero-order valence-corrected chi connectivity index (χ0v) is 21.0. The van der Waals surface area contributed by atoms with Crippen molar-refractivity contribution >= 4 is 16.9 Å². The minimum Gasteiger partial charge on any atom is -0.352 e. The number of rotatable bonds is 3. The zero-order chi connectivity index (χ0) is 26.5. The van der Waals surface area contributed by atoms with E-state index in [0.717, 1.165) is 19.2 Å². The van der Waals surface area contributed by atoms with Crippen molar-refractivity contribution < 1.29 is 13.2 Å². The van der Waals surface area contributed by atoms with Crippen molar-refractivity contribution in [1.29, 1.82) is 5.26 Å². The first-order valence-corrected chi connectivity index (χ1v) is 12.0. The molecule has 1 aromatic carbocycles. The zero-order valence-electron chi connectivity index (χ0n) is 21.0. The fraction of sp³-hybridized carbons (Fsp3) is 0.385. The number of imidazole rings is 1. The van der Waals surface area contributed by atoms with Crippen LogP contribution in [0.4, 0.5) is 19.0 Å². The molecular formula is C26H27F3N8. The minimum atomic E-state index is -4.53. The number of aryl methyl sites for hydroxylation is 1. The summed E-state index contributed by atoms with van der Waals surface area (Å²) in [6.45, 7) is 8.66. The number of alkyl halides is 3. The van der Waals surface area contributed by atoms with E-state index in [-0.39, 0.29) is 16.7 Å². The monoisotopic (exact) mass is 508 g/mol. The van der Waals surface area contributed by atoms with Gasteiger partial charge in [-0.3, -0.25) is 4.68 Å². The number of halogens is 3. The number of hydrogen-bond acceptors (Lipinski definition) is 6. The van der Waals surface area contributed by atoms with Crippen molar-refractivity contribution in [3.05, 3.63) is 47.2 Å². The van der Waals surface area contributed by atoms with Gasteiger partial charge in [-0.15, -0.1) is 0 Å². The average molecular weight is 509 g/mol. The van der Waals surface area contributed by atoms with Gasteiger partial charge in [0.05, 0.1) is 22.5 Å². The number of aromatic amines is 1. The van der Waals surface area contributed by atoms with Gasteiger partial charge in [-0.05, 0) is 12.1 Å². The molecule has 4 aromatic rings. The number of nitriles is 1. The lowest BCUT2D eigenvalue weighted by molar-refractivity contribution is -0.137. The predicted molar refractivity (Wildman–Crippen MR) is 135 cm³/mol. The highest BCUT2D eigenvalue weighted by Gasteiger charge is 2.34.